The van der Waals surface area contributed by atoms with Crippen LogP contribution in [0.4, 0.5) is 0 Å². The van der Waals surface area contributed by atoms with Crippen molar-refractivity contribution in [1.29, 1.82) is 0 Å². The van der Waals surface area contributed by atoms with Gasteiger partial charge in [0.05, 0.1) is 0 Å². The van der Waals surface area contributed by atoms with Crippen molar-refractivity contribution in [2.24, 2.45) is 0 Å². The van der Waals surface area contributed by atoms with Crippen LogP contribution in [0.15, 0.2) is 0 Å². The summed E-state index contributed by atoms with van der Waals surface area (Å²) < 4.78 is 0. The number of rotatable bonds is 6. The highest BCUT2D eigenvalue weighted by Crippen LogP contribution is 2.13. The monoisotopic (exact) mass is 202 g/mol. The summed E-state index contributed by atoms with van der Waals surface area (Å²) in [5.41, 5.74) is 0. The maximum absolute atomic E-state index is 11.1. The first kappa shape index (κ1) is 12.7. The van der Waals surface area contributed by atoms with Gasteiger partial charge in [-0.15, -0.1) is 0 Å². The van der Waals surface area contributed by atoms with E-state index in [0.29, 0.717) is 12.8 Å². The maximum Gasteiger partial charge on any atom is 0.196 e. The zero-order valence-electron chi connectivity index (χ0n) is 8.47. The van der Waals surface area contributed by atoms with Crippen molar-refractivity contribution in [3.8, 4) is 0 Å². The summed E-state index contributed by atoms with van der Waals surface area (Å²) in [7, 11) is 0. The summed E-state index contributed by atoms with van der Waals surface area (Å²) >= 11 is 0.902. The lowest BCUT2D eigenvalue weighted by Crippen LogP contribution is -1.99. The predicted octanol–water partition coefficient (Wildman–Crippen LogP) is 3.15. The molecule has 0 saturated carbocycles. The van der Waals surface area contributed by atoms with E-state index in [2.05, 4.69) is 0 Å². The van der Waals surface area contributed by atoms with Gasteiger partial charge in [-0.1, -0.05) is 26.7 Å². The van der Waals surface area contributed by atoms with E-state index in [1.54, 1.807) is 0 Å². The second-order valence-corrected chi connectivity index (χ2v) is 4.17. The van der Waals surface area contributed by atoms with Crippen LogP contribution in [0, 0.1) is 0 Å². The molecule has 0 aliphatic rings. The number of carbonyl (C=O) groups excluding carboxylic acids is 2. The Balaban J connectivity index is 3.47. The number of carbonyl (C=O) groups is 2. The molecule has 76 valence electrons. The zero-order chi connectivity index (χ0) is 10.1. The molecule has 0 bridgehead atoms. The lowest BCUT2D eigenvalue weighted by molar-refractivity contribution is -0.113. The molecule has 0 aromatic carbocycles. The van der Waals surface area contributed by atoms with Crippen molar-refractivity contribution < 1.29 is 9.59 Å². The van der Waals surface area contributed by atoms with Gasteiger partial charge in [-0.2, -0.15) is 0 Å². The van der Waals surface area contributed by atoms with Crippen LogP contribution in [0.3, 0.4) is 0 Å². The number of hydrogen-bond donors (Lipinski definition) is 0. The van der Waals surface area contributed by atoms with Crippen LogP contribution in [0.2, 0.25) is 0 Å². The lowest BCUT2D eigenvalue weighted by Gasteiger charge is -1.97. The second kappa shape index (κ2) is 8.30. The van der Waals surface area contributed by atoms with Gasteiger partial charge in [-0.05, 0) is 24.6 Å². The number of thioether (sulfide) groups is 1. The third-order valence-electron chi connectivity index (χ3n) is 1.70. The third-order valence-corrected chi connectivity index (χ3v) is 2.56. The van der Waals surface area contributed by atoms with E-state index in [0.717, 1.165) is 37.4 Å². The Bertz CT molecular complexity index is 148. The van der Waals surface area contributed by atoms with E-state index in [1.807, 2.05) is 13.8 Å². The van der Waals surface area contributed by atoms with Gasteiger partial charge in [0, 0.05) is 12.8 Å². The average Bonchev–Trinajstić information content (AvgIpc) is 2.11. The van der Waals surface area contributed by atoms with Crippen LogP contribution in [0.1, 0.15) is 52.4 Å². The summed E-state index contributed by atoms with van der Waals surface area (Å²) in [5.74, 6) is 0. The van der Waals surface area contributed by atoms with Crippen molar-refractivity contribution in [2.45, 2.75) is 52.4 Å². The fraction of sp³-hybridized carbons (Fsp3) is 0.800. The standard InChI is InChI=1S/C10H18O2S/c1-3-5-7-9(11)13-10(12)8-6-4-2/h3-8H2,1-2H3. The summed E-state index contributed by atoms with van der Waals surface area (Å²) in [5, 5.41) is 0.0610. The largest absolute Gasteiger partial charge is 0.287 e. The van der Waals surface area contributed by atoms with E-state index < -0.39 is 0 Å². The smallest absolute Gasteiger partial charge is 0.196 e. The molecular weight excluding hydrogens is 184 g/mol. The van der Waals surface area contributed by atoms with E-state index in [9.17, 15) is 9.59 Å². The van der Waals surface area contributed by atoms with Gasteiger partial charge in [0.25, 0.3) is 0 Å². The minimum atomic E-state index is 0.0305. The summed E-state index contributed by atoms with van der Waals surface area (Å²) in [6.07, 6.45) is 4.89. The van der Waals surface area contributed by atoms with E-state index in [4.69, 9.17) is 0 Å². The lowest BCUT2D eigenvalue weighted by atomic mass is 10.3. The zero-order valence-corrected chi connectivity index (χ0v) is 9.28. The van der Waals surface area contributed by atoms with Gasteiger partial charge in [-0.3, -0.25) is 9.59 Å². The molecule has 0 unspecified atom stereocenters. The van der Waals surface area contributed by atoms with Crippen LogP contribution < -0.4 is 0 Å². The Hall–Kier alpha value is -0.310. The van der Waals surface area contributed by atoms with Crippen molar-refractivity contribution in [3.63, 3.8) is 0 Å². The van der Waals surface area contributed by atoms with Crippen LogP contribution in [0.25, 0.3) is 0 Å². The van der Waals surface area contributed by atoms with Gasteiger partial charge >= 0.3 is 0 Å². The molecule has 0 aliphatic heterocycles. The van der Waals surface area contributed by atoms with Crippen LogP contribution in [-0.4, -0.2) is 10.2 Å². The van der Waals surface area contributed by atoms with Crippen molar-refractivity contribution in [3.05, 3.63) is 0 Å². The number of unbranched alkanes of at least 4 members (excludes halogenated alkanes) is 2. The summed E-state index contributed by atoms with van der Waals surface area (Å²) in [6, 6.07) is 0. The molecule has 0 spiro atoms. The Kier molecular flexibility index (Phi) is 8.10. The summed E-state index contributed by atoms with van der Waals surface area (Å²) in [6.45, 7) is 4.08. The Morgan fingerprint density at radius 1 is 0.923 bits per heavy atom. The molecule has 0 radical (unpaired) electrons. The maximum atomic E-state index is 11.1. The molecule has 0 aliphatic carbocycles. The Morgan fingerprint density at radius 2 is 1.31 bits per heavy atom. The van der Waals surface area contributed by atoms with Gasteiger partial charge in [0.15, 0.2) is 10.2 Å². The second-order valence-electron chi connectivity index (χ2n) is 3.05. The Labute approximate surface area is 84.5 Å². The van der Waals surface area contributed by atoms with Crippen LogP contribution in [0.5, 0.6) is 0 Å². The highest BCUT2D eigenvalue weighted by atomic mass is 32.2. The molecule has 0 fully saturated rings. The predicted molar refractivity (Wildman–Crippen MR) is 56.7 cm³/mol. The fourth-order valence-corrected chi connectivity index (χ4v) is 1.62. The molecule has 0 atom stereocenters. The minimum absolute atomic E-state index is 0.0305. The first-order valence-corrected chi connectivity index (χ1v) is 5.75. The quantitative estimate of drug-likeness (QED) is 0.663. The summed E-state index contributed by atoms with van der Waals surface area (Å²) in [4.78, 5) is 22.2. The third kappa shape index (κ3) is 8.03. The van der Waals surface area contributed by atoms with Gasteiger partial charge < -0.3 is 0 Å². The van der Waals surface area contributed by atoms with Crippen LogP contribution in [-0.2, 0) is 9.59 Å². The highest BCUT2D eigenvalue weighted by molar-refractivity contribution is 8.26. The molecule has 13 heavy (non-hydrogen) atoms. The molecule has 0 amide bonds. The van der Waals surface area contributed by atoms with Gasteiger partial charge in [-0.25, -0.2) is 0 Å². The molecular formula is C10H18O2S. The van der Waals surface area contributed by atoms with Crippen molar-refractivity contribution in [1.82, 2.24) is 0 Å². The highest BCUT2D eigenvalue weighted by Gasteiger charge is 2.08. The average molecular weight is 202 g/mol. The molecule has 0 heterocycles. The van der Waals surface area contributed by atoms with Gasteiger partial charge in [0.1, 0.15) is 0 Å². The first-order valence-electron chi connectivity index (χ1n) is 4.94. The minimum Gasteiger partial charge on any atom is -0.287 e. The molecule has 0 aromatic rings. The normalized spacial score (nSPS) is 10.0. The van der Waals surface area contributed by atoms with E-state index in [1.165, 1.54) is 0 Å². The molecule has 2 nitrogen and oxygen atoms in total. The van der Waals surface area contributed by atoms with Gasteiger partial charge in [0.2, 0.25) is 0 Å². The van der Waals surface area contributed by atoms with E-state index in [-0.39, 0.29) is 10.2 Å². The molecule has 0 N–H and O–H groups in total. The molecule has 3 heteroatoms. The Morgan fingerprint density at radius 3 is 1.62 bits per heavy atom. The first-order chi connectivity index (χ1) is 6.20. The molecule has 0 aromatic heterocycles. The molecule has 0 rings (SSSR count). The van der Waals surface area contributed by atoms with E-state index >= 15 is 0 Å². The van der Waals surface area contributed by atoms with Crippen molar-refractivity contribution >= 4 is 22.0 Å². The number of hydrogen-bond acceptors (Lipinski definition) is 3. The van der Waals surface area contributed by atoms with Crippen LogP contribution >= 0.6 is 11.8 Å². The SMILES string of the molecule is CCCCC(=O)SC(=O)CCCC. The molecule has 0 saturated heterocycles. The fourth-order valence-electron chi connectivity index (χ4n) is 0.871. The topological polar surface area (TPSA) is 34.1 Å². The van der Waals surface area contributed by atoms with Crippen molar-refractivity contribution in [2.75, 3.05) is 0 Å².